The smallest absolute Gasteiger partial charge is 0.109 e. The molecule has 5 aromatic rings. The highest BCUT2D eigenvalue weighted by atomic mass is 79.9. The van der Waals surface area contributed by atoms with Crippen LogP contribution in [-0.4, -0.2) is 10.2 Å². The van der Waals surface area contributed by atoms with Gasteiger partial charge in [0.2, 0.25) is 0 Å². The molecule has 0 heterocycles. The summed E-state index contributed by atoms with van der Waals surface area (Å²) in [6.07, 6.45) is 2.25. The highest BCUT2D eigenvalue weighted by molar-refractivity contribution is 9.10. The number of hydrogen-bond donors (Lipinski definition) is 2. The molecule has 36 heavy (non-hydrogen) atoms. The van der Waals surface area contributed by atoms with Gasteiger partial charge in [0, 0.05) is 17.0 Å². The summed E-state index contributed by atoms with van der Waals surface area (Å²) in [4.78, 5) is 0. The van der Waals surface area contributed by atoms with Crippen molar-refractivity contribution in [3.8, 4) is 0 Å². The van der Waals surface area contributed by atoms with Crippen LogP contribution in [0.25, 0.3) is 22.4 Å². The van der Waals surface area contributed by atoms with Crippen molar-refractivity contribution in [3.63, 3.8) is 0 Å². The summed E-state index contributed by atoms with van der Waals surface area (Å²) in [5.41, 5.74) is 12.8. The van der Waals surface area contributed by atoms with Gasteiger partial charge in [-0.3, -0.25) is 5.41 Å². The molecular weight excluding hydrogens is 504 g/mol. The molecule has 0 spiro atoms. The quantitative estimate of drug-likeness (QED) is 0.165. The van der Waals surface area contributed by atoms with Gasteiger partial charge < -0.3 is 5.73 Å². The minimum atomic E-state index is -0.890. The molecule has 1 aliphatic rings. The van der Waals surface area contributed by atoms with E-state index >= 15 is 0 Å². The number of nitrogens with two attached hydrogens (primary N) is 1. The number of nitrogens with one attached hydrogen (secondary N) is 1. The average Bonchev–Trinajstić information content (AvgIpc) is 2.92. The van der Waals surface area contributed by atoms with E-state index in [4.69, 9.17) is 11.1 Å². The van der Waals surface area contributed by atoms with Gasteiger partial charge in [0.1, 0.15) is 4.45 Å². The lowest BCUT2D eigenvalue weighted by molar-refractivity contribution is 0.709. The molecule has 2 nitrogen and oxygen atoms in total. The van der Waals surface area contributed by atoms with E-state index in [2.05, 4.69) is 94.8 Å². The van der Waals surface area contributed by atoms with Gasteiger partial charge in [0.15, 0.2) is 0 Å². The van der Waals surface area contributed by atoms with Crippen LogP contribution in [0.3, 0.4) is 0 Å². The van der Waals surface area contributed by atoms with E-state index < -0.39 is 4.45 Å². The molecule has 1 aliphatic carbocycles. The summed E-state index contributed by atoms with van der Waals surface area (Å²) in [6, 6.07) is 41.3. The summed E-state index contributed by atoms with van der Waals surface area (Å²) in [5.74, 6) is -0.193. The Morgan fingerprint density at radius 3 is 2.25 bits per heavy atom. The molecule has 0 amide bonds. The Hall–Kier alpha value is -3.79. The molecule has 0 saturated heterocycles. The highest BCUT2D eigenvalue weighted by Crippen LogP contribution is 2.45. The van der Waals surface area contributed by atoms with Crippen LogP contribution in [0.1, 0.15) is 28.2 Å². The van der Waals surface area contributed by atoms with Crippen molar-refractivity contribution in [2.75, 3.05) is 0 Å². The van der Waals surface area contributed by atoms with Crippen molar-refractivity contribution in [1.82, 2.24) is 0 Å². The van der Waals surface area contributed by atoms with E-state index in [1.165, 1.54) is 10.8 Å². The fourth-order valence-corrected chi connectivity index (χ4v) is 6.21. The van der Waals surface area contributed by atoms with E-state index in [1.54, 1.807) is 0 Å². The predicted octanol–water partition coefficient (Wildman–Crippen LogP) is 6.08. The van der Waals surface area contributed by atoms with E-state index in [9.17, 15) is 0 Å². The van der Waals surface area contributed by atoms with Gasteiger partial charge in [-0.25, -0.2) is 0 Å². The summed E-state index contributed by atoms with van der Waals surface area (Å²) in [5, 5.41) is 13.7. The molecule has 0 aromatic heterocycles. The van der Waals surface area contributed by atoms with Crippen molar-refractivity contribution in [2.45, 2.75) is 10.4 Å². The molecule has 0 saturated carbocycles. The zero-order valence-electron chi connectivity index (χ0n) is 19.7. The first-order valence-electron chi connectivity index (χ1n) is 12.1. The lowest BCUT2D eigenvalue weighted by atomic mass is 9.76. The van der Waals surface area contributed by atoms with E-state index in [1.807, 2.05) is 48.5 Å². The Kier molecular flexibility index (Phi) is 5.67. The van der Waals surface area contributed by atoms with Gasteiger partial charge in [-0.1, -0.05) is 143 Å². The third-order valence-electron chi connectivity index (χ3n) is 7.10. The Morgan fingerprint density at radius 1 is 0.722 bits per heavy atom. The van der Waals surface area contributed by atoms with Gasteiger partial charge in [-0.05, 0) is 37.9 Å². The molecule has 3 N–H and O–H groups in total. The zero-order chi connectivity index (χ0) is 24.7. The Morgan fingerprint density at radius 2 is 1.39 bits per heavy atom. The van der Waals surface area contributed by atoms with Crippen LogP contribution in [-0.2, 0) is 0 Å². The van der Waals surface area contributed by atoms with Crippen molar-refractivity contribution < 1.29 is 0 Å². The van der Waals surface area contributed by atoms with Crippen molar-refractivity contribution in [2.24, 2.45) is 5.73 Å². The third kappa shape index (κ3) is 3.72. The van der Waals surface area contributed by atoms with Gasteiger partial charge in [-0.15, -0.1) is 0 Å². The molecule has 5 aromatic carbocycles. The lowest BCUT2D eigenvalue weighted by Crippen LogP contribution is -2.50. The zero-order valence-corrected chi connectivity index (χ0v) is 21.2. The molecule has 0 radical (unpaired) electrons. The van der Waals surface area contributed by atoms with E-state index in [-0.39, 0.29) is 5.92 Å². The van der Waals surface area contributed by atoms with Crippen LogP contribution >= 0.6 is 15.9 Å². The minimum Gasteiger partial charge on any atom is -0.312 e. The number of fused-ring (bicyclic) bond motifs is 2. The molecule has 2 unspecified atom stereocenters. The largest absolute Gasteiger partial charge is 0.312 e. The molecule has 3 heteroatoms. The van der Waals surface area contributed by atoms with Crippen molar-refractivity contribution in [1.29, 1.82) is 5.41 Å². The monoisotopic (exact) mass is 528 g/mol. The number of rotatable bonds is 4. The van der Waals surface area contributed by atoms with Gasteiger partial charge in [0.05, 0.1) is 5.71 Å². The third-order valence-corrected chi connectivity index (χ3v) is 7.99. The number of halogens is 1. The summed E-state index contributed by atoms with van der Waals surface area (Å²) < 4.78 is -0.890. The molecule has 0 bridgehead atoms. The molecule has 174 valence electrons. The fourth-order valence-electron chi connectivity index (χ4n) is 5.40. The summed E-state index contributed by atoms with van der Waals surface area (Å²) in [6.45, 7) is 0. The number of hydrogen-bond acceptors (Lipinski definition) is 2. The van der Waals surface area contributed by atoms with Crippen LogP contribution in [0.15, 0.2) is 121 Å². The SMILES string of the molecule is N=C(c1ccccc1)c1ccccc1C1C=c2ccccc2=C(c2cccc3ccccc23)C1(N)Br. The van der Waals surface area contributed by atoms with E-state index in [0.29, 0.717) is 5.71 Å². The fraction of sp³-hybridized carbons (Fsp3) is 0.0606. The van der Waals surface area contributed by atoms with Gasteiger partial charge >= 0.3 is 0 Å². The normalized spacial score (nSPS) is 18.9. The van der Waals surface area contributed by atoms with E-state index in [0.717, 1.165) is 38.3 Å². The van der Waals surface area contributed by atoms with Gasteiger partial charge in [-0.2, -0.15) is 0 Å². The summed E-state index contributed by atoms with van der Waals surface area (Å²) >= 11 is 4.03. The van der Waals surface area contributed by atoms with Crippen LogP contribution < -0.4 is 16.2 Å². The standard InChI is InChI=1S/C33H25BrN2/c34-33(36)30(27-18-8-9-19-29(27)32(35)23-12-2-1-3-13-23)21-24-14-5-7-17-26(24)31(33)28-20-10-15-22-11-4-6-16-25(22)28/h1-21,30,35H,36H2. The molecule has 0 aliphatic heterocycles. The number of alkyl halides is 1. The maximum absolute atomic E-state index is 9.05. The van der Waals surface area contributed by atoms with Crippen molar-refractivity contribution >= 4 is 44.1 Å². The van der Waals surface area contributed by atoms with Gasteiger partial charge in [0.25, 0.3) is 0 Å². The topological polar surface area (TPSA) is 49.9 Å². The lowest BCUT2D eigenvalue weighted by Gasteiger charge is -2.37. The summed E-state index contributed by atoms with van der Waals surface area (Å²) in [7, 11) is 0. The van der Waals surface area contributed by atoms with Crippen molar-refractivity contribution in [3.05, 3.63) is 154 Å². The Labute approximate surface area is 219 Å². The second-order valence-corrected chi connectivity index (χ2v) is 10.5. The first-order valence-corrected chi connectivity index (χ1v) is 12.9. The minimum absolute atomic E-state index is 0.193. The average molecular weight is 529 g/mol. The predicted molar refractivity (Wildman–Crippen MR) is 154 cm³/mol. The second-order valence-electron chi connectivity index (χ2n) is 9.23. The Balaban J connectivity index is 1.61. The molecule has 0 fully saturated rings. The molecular formula is C33H25BrN2. The van der Waals surface area contributed by atoms with Crippen LogP contribution in [0.5, 0.6) is 0 Å². The van der Waals surface area contributed by atoms with Crippen LogP contribution in [0.4, 0.5) is 0 Å². The molecule has 2 atom stereocenters. The van der Waals surface area contributed by atoms with Crippen LogP contribution in [0, 0.1) is 5.41 Å². The first kappa shape index (κ1) is 22.7. The maximum atomic E-state index is 9.05. The molecule has 6 rings (SSSR count). The highest BCUT2D eigenvalue weighted by Gasteiger charge is 2.40. The van der Waals surface area contributed by atoms with Crippen LogP contribution in [0.2, 0.25) is 0 Å². The first-order chi connectivity index (χ1) is 17.6. The Bertz CT molecular complexity index is 1730. The second kappa shape index (κ2) is 9.02. The number of benzene rings is 5. The maximum Gasteiger partial charge on any atom is 0.109 e.